The fraction of sp³-hybridized carbons (Fsp3) is 0.176. The first kappa shape index (κ1) is 14.6. The van der Waals surface area contributed by atoms with Crippen LogP contribution in [-0.4, -0.2) is 22.6 Å². The van der Waals surface area contributed by atoms with E-state index in [-0.39, 0.29) is 6.42 Å². The van der Waals surface area contributed by atoms with Gasteiger partial charge < -0.3 is 10.4 Å². The highest BCUT2D eigenvalue weighted by Gasteiger charge is 1.99. The van der Waals surface area contributed by atoms with Gasteiger partial charge >= 0.3 is 5.97 Å². The molecule has 0 aliphatic carbocycles. The highest BCUT2D eigenvalue weighted by Crippen LogP contribution is 2.09. The molecular formula is C17H16N2O2. The van der Waals surface area contributed by atoms with E-state index >= 15 is 0 Å². The normalized spacial score (nSPS) is 9.52. The molecule has 0 atom stereocenters. The lowest BCUT2D eigenvalue weighted by Gasteiger charge is -2.04. The molecule has 4 heteroatoms. The van der Waals surface area contributed by atoms with Crippen molar-refractivity contribution in [2.75, 3.05) is 11.9 Å². The predicted molar refractivity (Wildman–Crippen MR) is 82.0 cm³/mol. The Labute approximate surface area is 123 Å². The molecule has 0 aliphatic heterocycles. The van der Waals surface area contributed by atoms with Crippen molar-refractivity contribution in [1.29, 1.82) is 0 Å². The third kappa shape index (κ3) is 5.37. The zero-order valence-corrected chi connectivity index (χ0v) is 11.5. The summed E-state index contributed by atoms with van der Waals surface area (Å²) in [5, 5.41) is 11.9. The average Bonchev–Trinajstić information content (AvgIpc) is 2.49. The van der Waals surface area contributed by atoms with E-state index in [1.165, 1.54) is 0 Å². The van der Waals surface area contributed by atoms with Gasteiger partial charge in [-0.3, -0.25) is 4.79 Å². The maximum Gasteiger partial charge on any atom is 0.307 e. The summed E-state index contributed by atoms with van der Waals surface area (Å²) >= 11 is 0. The summed E-state index contributed by atoms with van der Waals surface area (Å²) in [6.45, 7) is 0.734. The van der Waals surface area contributed by atoms with Crippen LogP contribution in [-0.2, 0) is 11.2 Å². The summed E-state index contributed by atoms with van der Waals surface area (Å²) in [4.78, 5) is 14.7. The molecule has 106 valence electrons. The Kier molecular flexibility index (Phi) is 5.36. The van der Waals surface area contributed by atoms with Crippen molar-refractivity contribution in [2.45, 2.75) is 12.8 Å². The van der Waals surface area contributed by atoms with Gasteiger partial charge in [-0.2, -0.15) is 0 Å². The molecule has 0 saturated carbocycles. The maximum absolute atomic E-state index is 10.6. The van der Waals surface area contributed by atoms with Crippen LogP contribution in [0, 0.1) is 11.8 Å². The van der Waals surface area contributed by atoms with E-state index in [4.69, 9.17) is 5.11 Å². The maximum atomic E-state index is 10.6. The molecule has 2 aromatic rings. The number of carbonyl (C=O) groups is 1. The zero-order chi connectivity index (χ0) is 14.9. The van der Waals surface area contributed by atoms with Crippen LogP contribution < -0.4 is 5.32 Å². The highest BCUT2D eigenvalue weighted by atomic mass is 16.4. The van der Waals surface area contributed by atoms with Crippen LogP contribution in [0.1, 0.15) is 17.7 Å². The first-order valence-electron chi connectivity index (χ1n) is 6.68. The van der Waals surface area contributed by atoms with Gasteiger partial charge in [0.1, 0.15) is 5.69 Å². The molecule has 4 nitrogen and oxygen atoms in total. The van der Waals surface area contributed by atoms with Crippen molar-refractivity contribution in [2.24, 2.45) is 0 Å². The van der Waals surface area contributed by atoms with E-state index in [0.717, 1.165) is 23.5 Å². The van der Waals surface area contributed by atoms with E-state index in [1.54, 1.807) is 6.20 Å². The highest BCUT2D eigenvalue weighted by molar-refractivity contribution is 5.70. The summed E-state index contributed by atoms with van der Waals surface area (Å²) in [5.74, 6) is 5.23. The number of carboxylic acid groups (broad SMARTS) is 1. The number of hydrogen-bond acceptors (Lipinski definition) is 3. The Bertz CT molecular complexity index is 640. The second-order valence-corrected chi connectivity index (χ2v) is 4.46. The Morgan fingerprint density at radius 3 is 2.67 bits per heavy atom. The molecule has 0 aliphatic rings. The third-order valence-electron chi connectivity index (χ3n) is 2.77. The van der Waals surface area contributed by atoms with E-state index in [1.807, 2.05) is 42.5 Å². The number of aliphatic carboxylic acids is 1. The molecule has 0 unspecified atom stereocenters. The molecule has 0 saturated heterocycles. The molecule has 1 aromatic heterocycles. The zero-order valence-electron chi connectivity index (χ0n) is 11.5. The summed E-state index contributed by atoms with van der Waals surface area (Å²) in [6.07, 6.45) is 2.49. The number of aromatic nitrogens is 1. The van der Waals surface area contributed by atoms with Crippen LogP contribution in [0.2, 0.25) is 0 Å². The molecule has 0 fully saturated rings. The van der Waals surface area contributed by atoms with Gasteiger partial charge in [-0.05, 0) is 35.7 Å². The van der Waals surface area contributed by atoms with E-state index in [2.05, 4.69) is 22.1 Å². The minimum Gasteiger partial charge on any atom is -0.481 e. The largest absolute Gasteiger partial charge is 0.481 e. The summed E-state index contributed by atoms with van der Waals surface area (Å²) < 4.78 is 0. The Balaban J connectivity index is 1.76. The van der Waals surface area contributed by atoms with Gasteiger partial charge in [0.15, 0.2) is 0 Å². The van der Waals surface area contributed by atoms with Crippen molar-refractivity contribution in [3.63, 3.8) is 0 Å². The summed E-state index contributed by atoms with van der Waals surface area (Å²) in [7, 11) is 0. The Hall–Kier alpha value is -2.80. The van der Waals surface area contributed by atoms with Crippen molar-refractivity contribution < 1.29 is 9.90 Å². The van der Waals surface area contributed by atoms with Crippen molar-refractivity contribution in [3.05, 3.63) is 59.9 Å². The van der Waals surface area contributed by atoms with Gasteiger partial charge in [0, 0.05) is 24.8 Å². The van der Waals surface area contributed by atoms with Crippen LogP contribution >= 0.6 is 0 Å². The topological polar surface area (TPSA) is 62.2 Å². The van der Waals surface area contributed by atoms with Gasteiger partial charge in [0.2, 0.25) is 0 Å². The number of rotatable bonds is 5. The van der Waals surface area contributed by atoms with Gasteiger partial charge in [0.05, 0.1) is 6.42 Å². The Morgan fingerprint density at radius 2 is 2.00 bits per heavy atom. The number of pyridine rings is 1. The number of hydrogen-bond donors (Lipinski definition) is 2. The number of carboxylic acids is 1. The molecule has 21 heavy (non-hydrogen) atoms. The number of nitrogens with zero attached hydrogens (tertiary/aromatic N) is 1. The monoisotopic (exact) mass is 280 g/mol. The molecule has 0 amide bonds. The van der Waals surface area contributed by atoms with Crippen LogP contribution in [0.3, 0.4) is 0 Å². The van der Waals surface area contributed by atoms with Crippen molar-refractivity contribution >= 4 is 11.7 Å². The number of anilines is 1. The standard InChI is InChI=1S/C17H16N2O2/c20-17(21)13-14-7-9-16(10-8-14)19-12-4-2-6-15-5-1-3-11-18-15/h1,3,5,7-11,19H,4,12-13H2,(H,20,21). The molecule has 2 rings (SSSR count). The summed E-state index contributed by atoms with van der Waals surface area (Å²) in [6, 6.07) is 13.0. The van der Waals surface area contributed by atoms with E-state index in [9.17, 15) is 4.79 Å². The fourth-order valence-electron chi connectivity index (χ4n) is 1.77. The lowest BCUT2D eigenvalue weighted by Crippen LogP contribution is -2.02. The Morgan fingerprint density at radius 1 is 1.19 bits per heavy atom. The van der Waals surface area contributed by atoms with Gasteiger partial charge in [-0.1, -0.05) is 24.1 Å². The predicted octanol–water partition coefficient (Wildman–Crippen LogP) is 2.56. The molecule has 2 N–H and O–H groups in total. The van der Waals surface area contributed by atoms with Crippen LogP contribution in [0.25, 0.3) is 0 Å². The van der Waals surface area contributed by atoms with Crippen LogP contribution in [0.15, 0.2) is 48.7 Å². The second kappa shape index (κ2) is 7.71. The third-order valence-corrected chi connectivity index (χ3v) is 2.77. The lowest BCUT2D eigenvalue weighted by molar-refractivity contribution is -0.136. The van der Waals surface area contributed by atoms with Crippen LogP contribution in [0.4, 0.5) is 5.69 Å². The second-order valence-electron chi connectivity index (χ2n) is 4.46. The van der Waals surface area contributed by atoms with E-state index < -0.39 is 5.97 Å². The quantitative estimate of drug-likeness (QED) is 0.652. The first-order chi connectivity index (χ1) is 10.2. The van der Waals surface area contributed by atoms with Gasteiger partial charge in [-0.15, -0.1) is 0 Å². The van der Waals surface area contributed by atoms with Crippen molar-refractivity contribution in [1.82, 2.24) is 4.98 Å². The SMILES string of the molecule is O=C(O)Cc1ccc(NCCC#Cc2ccccn2)cc1. The van der Waals surface area contributed by atoms with Crippen molar-refractivity contribution in [3.8, 4) is 11.8 Å². The average molecular weight is 280 g/mol. The molecule has 1 aromatic carbocycles. The smallest absolute Gasteiger partial charge is 0.307 e. The molecule has 0 bridgehead atoms. The number of nitrogens with one attached hydrogen (secondary N) is 1. The van der Waals surface area contributed by atoms with Gasteiger partial charge in [0.25, 0.3) is 0 Å². The number of benzene rings is 1. The molecule has 0 radical (unpaired) electrons. The first-order valence-corrected chi connectivity index (χ1v) is 6.68. The summed E-state index contributed by atoms with van der Waals surface area (Å²) in [5.41, 5.74) is 2.53. The van der Waals surface area contributed by atoms with Gasteiger partial charge in [-0.25, -0.2) is 4.98 Å². The molecular weight excluding hydrogens is 264 g/mol. The molecule has 1 heterocycles. The van der Waals surface area contributed by atoms with Crippen LogP contribution in [0.5, 0.6) is 0 Å². The van der Waals surface area contributed by atoms with E-state index in [0.29, 0.717) is 6.42 Å². The molecule has 0 spiro atoms. The minimum absolute atomic E-state index is 0.0514. The lowest BCUT2D eigenvalue weighted by atomic mass is 10.1. The minimum atomic E-state index is -0.819. The fourth-order valence-corrected chi connectivity index (χ4v) is 1.77.